The van der Waals surface area contributed by atoms with Crippen LogP contribution in [0.15, 0.2) is 48.5 Å². The third-order valence-electron chi connectivity index (χ3n) is 3.74. The van der Waals surface area contributed by atoms with Crippen LogP contribution in [0.3, 0.4) is 0 Å². The normalized spacial score (nSPS) is 10.6. The number of nitrogens with zero attached hydrogens (tertiary/aromatic N) is 2. The third-order valence-corrected chi connectivity index (χ3v) is 4.05. The first-order valence-corrected chi connectivity index (χ1v) is 8.21. The number of anilines is 1. The van der Waals surface area contributed by atoms with E-state index in [4.69, 9.17) is 12.2 Å². The summed E-state index contributed by atoms with van der Waals surface area (Å²) in [5, 5.41) is 9.69. The maximum Gasteiger partial charge on any atom is 0.226 e. The highest BCUT2D eigenvalue weighted by Crippen LogP contribution is 2.18. The summed E-state index contributed by atoms with van der Waals surface area (Å²) in [5.41, 5.74) is 2.50. The smallest absolute Gasteiger partial charge is 0.226 e. The molecule has 128 valence electrons. The van der Waals surface area contributed by atoms with Gasteiger partial charge < -0.3 is 5.32 Å². The maximum absolute atomic E-state index is 13.2. The fourth-order valence-electron chi connectivity index (χ4n) is 2.45. The van der Waals surface area contributed by atoms with E-state index in [1.807, 2.05) is 31.2 Å². The zero-order valence-corrected chi connectivity index (χ0v) is 14.4. The van der Waals surface area contributed by atoms with Gasteiger partial charge in [-0.3, -0.25) is 14.5 Å². The number of amides is 1. The number of aromatic nitrogens is 3. The van der Waals surface area contributed by atoms with Gasteiger partial charge in [-0.05, 0) is 37.3 Å². The van der Waals surface area contributed by atoms with Gasteiger partial charge in [0.25, 0.3) is 0 Å². The number of hydrogen-bond donors (Lipinski definition) is 2. The Morgan fingerprint density at radius 3 is 2.76 bits per heavy atom. The Morgan fingerprint density at radius 2 is 2.04 bits per heavy atom. The van der Waals surface area contributed by atoms with Crippen molar-refractivity contribution in [2.75, 3.05) is 5.32 Å². The highest BCUT2D eigenvalue weighted by atomic mass is 32.1. The zero-order valence-electron chi connectivity index (χ0n) is 13.6. The van der Waals surface area contributed by atoms with Crippen LogP contribution in [-0.4, -0.2) is 20.7 Å². The molecule has 25 heavy (non-hydrogen) atoms. The van der Waals surface area contributed by atoms with Crippen molar-refractivity contribution < 1.29 is 9.18 Å². The zero-order chi connectivity index (χ0) is 17.8. The average Bonchev–Trinajstić information content (AvgIpc) is 2.94. The summed E-state index contributed by atoms with van der Waals surface area (Å²) < 4.78 is 15.4. The van der Waals surface area contributed by atoms with Crippen molar-refractivity contribution in [1.29, 1.82) is 0 Å². The van der Waals surface area contributed by atoms with Gasteiger partial charge in [-0.2, -0.15) is 5.10 Å². The Morgan fingerprint density at radius 1 is 1.28 bits per heavy atom. The van der Waals surface area contributed by atoms with Gasteiger partial charge in [0, 0.05) is 24.2 Å². The Balaban J connectivity index is 1.71. The molecule has 1 aromatic heterocycles. The molecular formula is C18H17FN4OS. The topological polar surface area (TPSA) is 62.7 Å². The van der Waals surface area contributed by atoms with Gasteiger partial charge in [0.2, 0.25) is 5.91 Å². The fraction of sp³-hybridized carbons (Fsp3) is 0.167. The second kappa shape index (κ2) is 7.40. The lowest BCUT2D eigenvalue weighted by molar-refractivity contribution is -0.116. The number of hydrogen-bond acceptors (Lipinski definition) is 3. The molecule has 2 aromatic carbocycles. The SMILES string of the molecule is Cc1ccc(-c2n[nH]c(=S)n2CCC(=O)Nc2cccc(F)c2)cc1. The Labute approximate surface area is 149 Å². The predicted molar refractivity (Wildman–Crippen MR) is 97.2 cm³/mol. The average molecular weight is 356 g/mol. The minimum Gasteiger partial charge on any atom is -0.326 e. The third kappa shape index (κ3) is 4.19. The maximum atomic E-state index is 13.2. The van der Waals surface area contributed by atoms with Crippen molar-refractivity contribution in [3.8, 4) is 11.4 Å². The van der Waals surface area contributed by atoms with E-state index in [1.54, 1.807) is 16.7 Å². The molecule has 0 fully saturated rings. The van der Waals surface area contributed by atoms with Gasteiger partial charge in [0.1, 0.15) is 5.82 Å². The molecule has 0 aliphatic carbocycles. The fourth-order valence-corrected chi connectivity index (χ4v) is 2.67. The van der Waals surface area contributed by atoms with Gasteiger partial charge in [0.05, 0.1) is 0 Å². The molecule has 5 nitrogen and oxygen atoms in total. The van der Waals surface area contributed by atoms with Crippen molar-refractivity contribution in [2.24, 2.45) is 0 Å². The molecule has 3 rings (SSSR count). The van der Waals surface area contributed by atoms with Gasteiger partial charge in [-0.15, -0.1) is 0 Å². The summed E-state index contributed by atoms with van der Waals surface area (Å²) in [6.45, 7) is 2.39. The minimum atomic E-state index is -0.392. The van der Waals surface area contributed by atoms with Crippen molar-refractivity contribution in [2.45, 2.75) is 19.9 Å². The number of H-pyrrole nitrogens is 1. The molecule has 0 spiro atoms. The molecule has 0 bridgehead atoms. The molecule has 1 amide bonds. The second-order valence-electron chi connectivity index (χ2n) is 5.68. The first-order chi connectivity index (χ1) is 12.0. The lowest BCUT2D eigenvalue weighted by Gasteiger charge is -2.08. The quantitative estimate of drug-likeness (QED) is 0.677. The minimum absolute atomic E-state index is 0.198. The van der Waals surface area contributed by atoms with E-state index in [1.165, 1.54) is 12.1 Å². The number of rotatable bonds is 5. The van der Waals surface area contributed by atoms with Gasteiger partial charge in [0.15, 0.2) is 10.6 Å². The lowest BCUT2D eigenvalue weighted by atomic mass is 10.1. The second-order valence-corrected chi connectivity index (χ2v) is 6.07. The van der Waals surface area contributed by atoms with Gasteiger partial charge in [-0.25, -0.2) is 4.39 Å². The van der Waals surface area contributed by atoms with Crippen LogP contribution in [0.1, 0.15) is 12.0 Å². The highest BCUT2D eigenvalue weighted by molar-refractivity contribution is 7.71. The molecule has 0 radical (unpaired) electrons. The molecular weight excluding hydrogens is 339 g/mol. The van der Waals surface area contributed by atoms with E-state index >= 15 is 0 Å². The van der Waals surface area contributed by atoms with Crippen LogP contribution in [0.2, 0.25) is 0 Å². The van der Waals surface area contributed by atoms with Crippen LogP contribution in [0, 0.1) is 17.5 Å². The molecule has 0 unspecified atom stereocenters. The highest BCUT2D eigenvalue weighted by Gasteiger charge is 2.11. The summed E-state index contributed by atoms with van der Waals surface area (Å²) in [4.78, 5) is 12.1. The molecule has 0 atom stereocenters. The predicted octanol–water partition coefficient (Wildman–Crippen LogP) is 4.08. The van der Waals surface area contributed by atoms with Crippen molar-refractivity contribution in [1.82, 2.24) is 14.8 Å². The number of nitrogens with one attached hydrogen (secondary N) is 2. The number of aryl methyl sites for hydroxylation is 1. The first-order valence-electron chi connectivity index (χ1n) is 7.80. The van der Waals surface area contributed by atoms with Crippen molar-refractivity contribution in [3.05, 3.63) is 64.7 Å². The molecule has 0 aliphatic heterocycles. The number of aromatic amines is 1. The van der Waals surface area contributed by atoms with Gasteiger partial charge >= 0.3 is 0 Å². The summed E-state index contributed by atoms with van der Waals surface area (Å²) >= 11 is 5.26. The van der Waals surface area contributed by atoms with Crippen LogP contribution in [0.25, 0.3) is 11.4 Å². The summed E-state index contributed by atoms with van der Waals surface area (Å²) in [7, 11) is 0. The van der Waals surface area contributed by atoms with Crippen LogP contribution in [0.4, 0.5) is 10.1 Å². The molecule has 0 aliphatic rings. The van der Waals surface area contributed by atoms with E-state index in [0.717, 1.165) is 11.1 Å². The largest absolute Gasteiger partial charge is 0.326 e. The Hall–Kier alpha value is -2.80. The van der Waals surface area contributed by atoms with Crippen LogP contribution in [-0.2, 0) is 11.3 Å². The van der Waals surface area contributed by atoms with Crippen molar-refractivity contribution >= 4 is 23.8 Å². The monoisotopic (exact) mass is 356 g/mol. The standard InChI is InChI=1S/C18H17FN4OS/c1-12-5-7-13(8-6-12)17-21-22-18(25)23(17)10-9-16(24)20-15-4-2-3-14(19)11-15/h2-8,11H,9-10H2,1H3,(H,20,24)(H,22,25). The first kappa shape index (κ1) is 17.0. The number of benzene rings is 2. The van der Waals surface area contributed by atoms with Gasteiger partial charge in [-0.1, -0.05) is 35.9 Å². The molecule has 7 heteroatoms. The summed E-state index contributed by atoms with van der Waals surface area (Å²) in [5.74, 6) is 0.0728. The van der Waals surface area contributed by atoms with Crippen LogP contribution in [0.5, 0.6) is 0 Å². The van der Waals surface area contributed by atoms with E-state index in [0.29, 0.717) is 22.8 Å². The molecule has 3 aromatic rings. The Bertz CT molecular complexity index is 946. The van der Waals surface area contributed by atoms with E-state index < -0.39 is 5.82 Å². The number of carbonyl (C=O) groups is 1. The summed E-state index contributed by atoms with van der Waals surface area (Å²) in [6.07, 6.45) is 0.198. The lowest BCUT2D eigenvalue weighted by Crippen LogP contribution is -2.15. The molecule has 1 heterocycles. The van der Waals surface area contributed by atoms with E-state index in [9.17, 15) is 9.18 Å². The van der Waals surface area contributed by atoms with E-state index in [2.05, 4.69) is 15.5 Å². The molecule has 0 saturated carbocycles. The summed E-state index contributed by atoms with van der Waals surface area (Å²) in [6, 6.07) is 13.7. The van der Waals surface area contributed by atoms with E-state index in [-0.39, 0.29) is 12.3 Å². The van der Waals surface area contributed by atoms with Crippen LogP contribution >= 0.6 is 12.2 Å². The van der Waals surface area contributed by atoms with Crippen LogP contribution < -0.4 is 5.32 Å². The number of halogens is 1. The molecule has 0 saturated heterocycles. The van der Waals surface area contributed by atoms with Crippen molar-refractivity contribution in [3.63, 3.8) is 0 Å². The molecule has 2 N–H and O–H groups in total. The Kier molecular flexibility index (Phi) is 5.04. The number of carbonyl (C=O) groups excluding carboxylic acids is 1.